The molecule has 5 rings (SSSR count). The first-order valence-corrected chi connectivity index (χ1v) is 13.5. The number of benzene rings is 1. The van der Waals surface area contributed by atoms with Crippen LogP contribution in [0.25, 0.3) is 22.0 Å². The number of hydrogen-bond acceptors (Lipinski definition) is 7. The summed E-state index contributed by atoms with van der Waals surface area (Å²) in [5.74, 6) is 2.30. The number of ether oxygens (including phenoxy) is 3. The van der Waals surface area contributed by atoms with Gasteiger partial charge in [0.1, 0.15) is 5.01 Å². The van der Waals surface area contributed by atoms with Crippen LogP contribution in [0.1, 0.15) is 61.8 Å². The molecule has 8 heteroatoms. The van der Waals surface area contributed by atoms with E-state index >= 15 is 0 Å². The number of nitrogens with zero attached hydrogens (tertiary/aromatic N) is 3. The van der Waals surface area contributed by atoms with E-state index in [1.807, 2.05) is 29.5 Å². The van der Waals surface area contributed by atoms with Gasteiger partial charge in [0.05, 0.1) is 25.6 Å². The summed E-state index contributed by atoms with van der Waals surface area (Å²) in [6.07, 6.45) is 6.85. The Labute approximate surface area is 211 Å². The first-order valence-electron chi connectivity index (χ1n) is 12.7. The van der Waals surface area contributed by atoms with Gasteiger partial charge in [0.25, 0.3) is 0 Å². The number of thiazole rings is 1. The van der Waals surface area contributed by atoms with Crippen LogP contribution < -0.4 is 9.47 Å². The molecule has 0 atom stereocenters. The van der Waals surface area contributed by atoms with Crippen molar-refractivity contribution in [2.75, 3.05) is 40.5 Å². The molecule has 0 radical (unpaired) electrons. The Balaban J connectivity index is 1.35. The molecule has 0 bridgehead atoms. The zero-order valence-electron chi connectivity index (χ0n) is 21.2. The summed E-state index contributed by atoms with van der Waals surface area (Å²) >= 11 is 1.82. The van der Waals surface area contributed by atoms with E-state index in [-0.39, 0.29) is 0 Å². The molecule has 2 aromatic heterocycles. The van der Waals surface area contributed by atoms with Gasteiger partial charge in [0, 0.05) is 41.5 Å². The Kier molecular flexibility index (Phi) is 7.41. The molecule has 188 valence electrons. The minimum absolute atomic E-state index is 0.293. The third-order valence-electron chi connectivity index (χ3n) is 7.41. The van der Waals surface area contributed by atoms with Gasteiger partial charge in [-0.05, 0) is 68.8 Å². The van der Waals surface area contributed by atoms with Crippen molar-refractivity contribution in [3.05, 3.63) is 34.8 Å². The highest BCUT2D eigenvalue weighted by atomic mass is 32.1. The average Bonchev–Trinajstić information content (AvgIpc) is 3.57. The number of aromatic amines is 1. The van der Waals surface area contributed by atoms with Crippen molar-refractivity contribution in [1.29, 1.82) is 0 Å². The largest absolute Gasteiger partial charge is 0.493 e. The molecule has 2 aliphatic rings. The van der Waals surface area contributed by atoms with Gasteiger partial charge in [0.15, 0.2) is 11.5 Å². The number of H-pyrrole nitrogens is 1. The van der Waals surface area contributed by atoms with Crippen molar-refractivity contribution in [1.82, 2.24) is 20.1 Å². The topological polar surface area (TPSA) is 72.5 Å². The number of aromatic nitrogens is 3. The molecule has 2 aliphatic heterocycles. The molecule has 0 unspecified atom stereocenters. The number of nitrogens with one attached hydrogen (secondary N) is 1. The second-order valence-corrected chi connectivity index (χ2v) is 10.9. The van der Waals surface area contributed by atoms with Crippen molar-refractivity contribution in [3.8, 4) is 33.5 Å². The zero-order valence-corrected chi connectivity index (χ0v) is 22.0. The number of piperidine rings is 1. The van der Waals surface area contributed by atoms with E-state index in [9.17, 15) is 0 Å². The Bertz CT molecular complexity index is 1130. The molecule has 0 aliphatic carbocycles. The summed E-state index contributed by atoms with van der Waals surface area (Å²) < 4.78 is 16.5. The molecule has 0 amide bonds. The molecule has 35 heavy (non-hydrogen) atoms. The summed E-state index contributed by atoms with van der Waals surface area (Å²) in [5.41, 5.74) is 4.16. The van der Waals surface area contributed by atoms with Crippen LogP contribution in [0.3, 0.4) is 0 Å². The van der Waals surface area contributed by atoms with E-state index in [4.69, 9.17) is 24.3 Å². The fraction of sp³-hybridized carbons (Fsp3) is 0.556. The van der Waals surface area contributed by atoms with Gasteiger partial charge >= 0.3 is 0 Å². The zero-order chi connectivity index (χ0) is 24.4. The summed E-state index contributed by atoms with van der Waals surface area (Å²) in [5, 5.41) is 9.06. The molecule has 2 saturated heterocycles. The van der Waals surface area contributed by atoms with E-state index in [1.165, 1.54) is 49.2 Å². The fourth-order valence-corrected chi connectivity index (χ4v) is 6.56. The maximum Gasteiger partial charge on any atom is 0.161 e. The van der Waals surface area contributed by atoms with Crippen molar-refractivity contribution < 1.29 is 14.2 Å². The molecular weight excluding hydrogens is 460 g/mol. The van der Waals surface area contributed by atoms with E-state index in [1.54, 1.807) is 14.2 Å². The molecule has 2 fully saturated rings. The Hall–Kier alpha value is -2.42. The van der Waals surface area contributed by atoms with Gasteiger partial charge in [-0.25, -0.2) is 4.98 Å². The van der Waals surface area contributed by atoms with E-state index in [0.717, 1.165) is 35.2 Å². The average molecular weight is 497 g/mol. The molecule has 0 spiro atoms. The van der Waals surface area contributed by atoms with Gasteiger partial charge in [-0.2, -0.15) is 5.10 Å². The van der Waals surface area contributed by atoms with Crippen molar-refractivity contribution in [3.63, 3.8) is 0 Å². The maximum atomic E-state index is 5.55. The van der Waals surface area contributed by atoms with Crippen LogP contribution in [0.2, 0.25) is 0 Å². The Morgan fingerprint density at radius 3 is 2.49 bits per heavy atom. The number of rotatable bonds is 7. The van der Waals surface area contributed by atoms with Gasteiger partial charge < -0.3 is 19.1 Å². The highest BCUT2D eigenvalue weighted by Crippen LogP contribution is 2.41. The highest BCUT2D eigenvalue weighted by molar-refractivity contribution is 7.15. The van der Waals surface area contributed by atoms with Crippen LogP contribution in [0, 0.1) is 0 Å². The summed E-state index contributed by atoms with van der Waals surface area (Å²) in [7, 11) is 3.31. The lowest BCUT2D eigenvalue weighted by molar-refractivity contribution is 0.0253. The van der Waals surface area contributed by atoms with Crippen LogP contribution in [-0.4, -0.2) is 66.6 Å². The normalized spacial score (nSPS) is 18.3. The van der Waals surface area contributed by atoms with Gasteiger partial charge in [-0.1, -0.05) is 13.8 Å². The SMILES string of the molecule is COc1ccc(-c2n[nH]c(-c3ncc(C4CCN(C5CCOCC5)CC4)s3)c2C(C)C)cc1OC. The van der Waals surface area contributed by atoms with Crippen molar-refractivity contribution in [2.24, 2.45) is 0 Å². The van der Waals surface area contributed by atoms with Crippen molar-refractivity contribution >= 4 is 11.3 Å². The van der Waals surface area contributed by atoms with Gasteiger partial charge in [-0.3, -0.25) is 5.10 Å². The molecule has 4 heterocycles. The number of hydrogen-bond donors (Lipinski definition) is 1. The first-order chi connectivity index (χ1) is 17.1. The van der Waals surface area contributed by atoms with Gasteiger partial charge in [0.2, 0.25) is 0 Å². The number of methoxy groups -OCH3 is 2. The maximum absolute atomic E-state index is 5.55. The van der Waals surface area contributed by atoms with Crippen LogP contribution in [-0.2, 0) is 4.74 Å². The lowest BCUT2D eigenvalue weighted by atomic mass is 9.93. The van der Waals surface area contributed by atoms with E-state index in [0.29, 0.717) is 29.4 Å². The summed E-state index contributed by atoms with van der Waals surface area (Å²) in [4.78, 5) is 8.93. The monoisotopic (exact) mass is 496 g/mol. The van der Waals surface area contributed by atoms with E-state index < -0.39 is 0 Å². The second-order valence-electron chi connectivity index (χ2n) is 9.81. The van der Waals surface area contributed by atoms with Crippen LogP contribution in [0.15, 0.2) is 24.4 Å². The molecular formula is C27H36N4O3S. The third kappa shape index (κ3) is 4.97. The molecule has 3 aromatic rings. The predicted molar refractivity (Wildman–Crippen MR) is 140 cm³/mol. The molecule has 0 saturated carbocycles. The standard InChI is InChI=1S/C27H36N4O3S/c1-17(2)24-25(19-5-6-21(32-3)22(15-19)33-4)29-30-26(24)27-28-16-23(35-27)18-7-11-31(12-8-18)20-9-13-34-14-10-20/h5-6,15-18,20H,7-14H2,1-4H3,(H,29,30). The first kappa shape index (κ1) is 24.3. The van der Waals surface area contributed by atoms with E-state index in [2.05, 4.69) is 30.0 Å². The Morgan fingerprint density at radius 1 is 1.06 bits per heavy atom. The van der Waals surface area contributed by atoms with Crippen LogP contribution in [0.4, 0.5) is 0 Å². The van der Waals surface area contributed by atoms with Crippen LogP contribution >= 0.6 is 11.3 Å². The Morgan fingerprint density at radius 2 is 1.80 bits per heavy atom. The quantitative estimate of drug-likeness (QED) is 0.452. The fourth-order valence-electron chi connectivity index (χ4n) is 5.47. The minimum Gasteiger partial charge on any atom is -0.493 e. The third-order valence-corrected chi connectivity index (χ3v) is 8.59. The van der Waals surface area contributed by atoms with Crippen molar-refractivity contribution in [2.45, 2.75) is 57.4 Å². The smallest absolute Gasteiger partial charge is 0.161 e. The lowest BCUT2D eigenvalue weighted by Crippen LogP contribution is -2.43. The molecule has 1 aromatic carbocycles. The summed E-state index contributed by atoms with van der Waals surface area (Å²) in [6.45, 7) is 8.59. The molecule has 1 N–H and O–H groups in total. The lowest BCUT2D eigenvalue weighted by Gasteiger charge is -2.39. The molecule has 7 nitrogen and oxygen atoms in total. The summed E-state index contributed by atoms with van der Waals surface area (Å²) in [6, 6.07) is 6.66. The van der Waals surface area contributed by atoms with Gasteiger partial charge in [-0.15, -0.1) is 11.3 Å². The second kappa shape index (κ2) is 10.7. The predicted octanol–water partition coefficient (Wildman–Crippen LogP) is 5.70. The highest BCUT2D eigenvalue weighted by Gasteiger charge is 2.29. The minimum atomic E-state index is 0.293. The number of likely N-dealkylation sites (tertiary alicyclic amines) is 1. The van der Waals surface area contributed by atoms with Crippen LogP contribution in [0.5, 0.6) is 11.5 Å².